The van der Waals surface area contributed by atoms with Gasteiger partial charge >= 0.3 is 5.97 Å². The smallest absolute Gasteiger partial charge is 0.308 e. The molecule has 6 heteroatoms. The Morgan fingerprint density at radius 2 is 2.12 bits per heavy atom. The molecule has 88 valence electrons. The fraction of sp³-hybridized carbons (Fsp3) is 0.0909. The van der Waals surface area contributed by atoms with Crippen molar-refractivity contribution in [1.82, 2.24) is 10.2 Å². The molecular weight excluding hydrogens is 288 g/mol. The molecule has 0 aliphatic rings. The molecule has 1 aromatic heterocycles. The van der Waals surface area contributed by atoms with Gasteiger partial charge in [0.1, 0.15) is 0 Å². The summed E-state index contributed by atoms with van der Waals surface area (Å²) in [7, 11) is 0. The molecule has 2 rings (SSSR count). The number of carbonyl (C=O) groups is 1. The van der Waals surface area contributed by atoms with Gasteiger partial charge in [0.15, 0.2) is 0 Å². The molecule has 0 saturated carbocycles. The van der Waals surface area contributed by atoms with Crippen molar-refractivity contribution in [2.45, 2.75) is 6.42 Å². The monoisotopic (exact) mass is 296 g/mol. The van der Waals surface area contributed by atoms with Crippen LogP contribution in [-0.2, 0) is 11.2 Å². The minimum Gasteiger partial charge on any atom is -0.481 e. The minimum atomic E-state index is -1.04. The largest absolute Gasteiger partial charge is 0.481 e. The van der Waals surface area contributed by atoms with E-state index in [1.165, 1.54) is 0 Å². The van der Waals surface area contributed by atoms with E-state index in [0.717, 1.165) is 10.0 Å². The number of hydrogen-bond acceptors (Lipinski definition) is 2. The fourth-order valence-corrected chi connectivity index (χ4v) is 1.99. The van der Waals surface area contributed by atoms with Crippen LogP contribution in [0.15, 0.2) is 33.5 Å². The molecular formula is C11H9BrN2O3. The molecule has 5 nitrogen and oxygen atoms in total. The van der Waals surface area contributed by atoms with Crippen LogP contribution in [0.25, 0.3) is 11.3 Å². The fourth-order valence-electron chi connectivity index (χ4n) is 1.59. The maximum Gasteiger partial charge on any atom is 0.308 e. The number of benzene rings is 1. The number of aromatic nitrogens is 2. The van der Waals surface area contributed by atoms with Gasteiger partial charge in [-0.3, -0.25) is 19.8 Å². The number of halogens is 1. The summed E-state index contributed by atoms with van der Waals surface area (Å²) in [6.45, 7) is 0. The number of H-pyrrole nitrogens is 2. The lowest BCUT2D eigenvalue weighted by molar-refractivity contribution is -0.136. The predicted molar refractivity (Wildman–Crippen MR) is 65.9 cm³/mol. The van der Waals surface area contributed by atoms with Crippen molar-refractivity contribution >= 4 is 21.9 Å². The summed E-state index contributed by atoms with van der Waals surface area (Å²) >= 11 is 3.32. The Balaban J connectivity index is 2.52. The summed E-state index contributed by atoms with van der Waals surface area (Å²) in [6.07, 6.45) is -0.305. The van der Waals surface area contributed by atoms with Crippen LogP contribution in [0.2, 0.25) is 0 Å². The second-order valence-corrected chi connectivity index (χ2v) is 4.43. The third-order valence-electron chi connectivity index (χ3n) is 2.32. The lowest BCUT2D eigenvalue weighted by Crippen LogP contribution is -2.11. The summed E-state index contributed by atoms with van der Waals surface area (Å²) in [4.78, 5) is 22.2. The van der Waals surface area contributed by atoms with Crippen molar-refractivity contribution in [3.05, 3.63) is 44.7 Å². The van der Waals surface area contributed by atoms with Crippen molar-refractivity contribution in [1.29, 1.82) is 0 Å². The highest BCUT2D eigenvalue weighted by Crippen LogP contribution is 2.22. The molecule has 0 fully saturated rings. The minimum absolute atomic E-state index is 0.232. The lowest BCUT2D eigenvalue weighted by Gasteiger charge is -2.01. The molecule has 0 unspecified atom stereocenters. The molecule has 0 saturated heterocycles. The van der Waals surface area contributed by atoms with Crippen molar-refractivity contribution < 1.29 is 9.90 Å². The highest BCUT2D eigenvalue weighted by atomic mass is 79.9. The maximum absolute atomic E-state index is 11.5. The lowest BCUT2D eigenvalue weighted by atomic mass is 10.1. The summed E-state index contributed by atoms with van der Waals surface area (Å²) in [5.74, 6) is -1.04. The van der Waals surface area contributed by atoms with E-state index >= 15 is 0 Å². The van der Waals surface area contributed by atoms with Gasteiger partial charge in [-0.2, -0.15) is 0 Å². The van der Waals surface area contributed by atoms with Crippen LogP contribution in [0, 0.1) is 0 Å². The van der Waals surface area contributed by atoms with Gasteiger partial charge in [0.25, 0.3) is 5.56 Å². The van der Waals surface area contributed by atoms with E-state index < -0.39 is 11.5 Å². The summed E-state index contributed by atoms with van der Waals surface area (Å²) in [5, 5.41) is 13.9. The van der Waals surface area contributed by atoms with Gasteiger partial charge in [-0.05, 0) is 12.1 Å². The summed E-state index contributed by atoms with van der Waals surface area (Å²) in [6, 6.07) is 7.28. The van der Waals surface area contributed by atoms with E-state index in [2.05, 4.69) is 26.1 Å². The van der Waals surface area contributed by atoms with Crippen LogP contribution in [-0.4, -0.2) is 21.3 Å². The molecule has 0 spiro atoms. The molecule has 3 N–H and O–H groups in total. The van der Waals surface area contributed by atoms with Gasteiger partial charge in [-0.15, -0.1) is 0 Å². The van der Waals surface area contributed by atoms with E-state index in [9.17, 15) is 9.59 Å². The Kier molecular flexibility index (Phi) is 3.14. The van der Waals surface area contributed by atoms with Crippen LogP contribution in [0.1, 0.15) is 5.56 Å². The van der Waals surface area contributed by atoms with Gasteiger partial charge in [0.05, 0.1) is 17.7 Å². The quantitative estimate of drug-likeness (QED) is 0.807. The Morgan fingerprint density at radius 1 is 1.35 bits per heavy atom. The third-order valence-corrected chi connectivity index (χ3v) is 2.81. The van der Waals surface area contributed by atoms with E-state index in [4.69, 9.17) is 5.11 Å². The van der Waals surface area contributed by atoms with Gasteiger partial charge in [-0.1, -0.05) is 28.1 Å². The average Bonchev–Trinajstić information content (AvgIpc) is 2.60. The highest BCUT2D eigenvalue weighted by Gasteiger charge is 2.14. The topological polar surface area (TPSA) is 85.9 Å². The summed E-state index contributed by atoms with van der Waals surface area (Å²) < 4.78 is 0.860. The zero-order valence-corrected chi connectivity index (χ0v) is 10.2. The molecule has 0 radical (unpaired) electrons. The number of carboxylic acids is 1. The molecule has 1 heterocycles. The second kappa shape index (κ2) is 4.58. The Bertz CT molecular complexity index is 615. The number of hydrogen-bond donors (Lipinski definition) is 3. The van der Waals surface area contributed by atoms with E-state index in [1.54, 1.807) is 6.07 Å². The SMILES string of the molecule is O=C(O)Cc1c(-c2cccc(Br)c2)[nH][nH]c1=O. The Morgan fingerprint density at radius 3 is 2.76 bits per heavy atom. The molecule has 0 amide bonds. The van der Waals surface area contributed by atoms with Crippen LogP contribution in [0.5, 0.6) is 0 Å². The van der Waals surface area contributed by atoms with Crippen LogP contribution < -0.4 is 5.56 Å². The molecule has 0 atom stereocenters. The van der Waals surface area contributed by atoms with Gasteiger partial charge < -0.3 is 5.11 Å². The van der Waals surface area contributed by atoms with Crippen molar-refractivity contribution in [2.24, 2.45) is 0 Å². The van der Waals surface area contributed by atoms with Crippen molar-refractivity contribution in [3.63, 3.8) is 0 Å². The second-order valence-electron chi connectivity index (χ2n) is 3.51. The van der Waals surface area contributed by atoms with Crippen molar-refractivity contribution in [3.8, 4) is 11.3 Å². The molecule has 0 aliphatic carbocycles. The third kappa shape index (κ3) is 2.47. The first-order valence-electron chi connectivity index (χ1n) is 4.85. The van der Waals surface area contributed by atoms with Gasteiger partial charge in [0.2, 0.25) is 0 Å². The van der Waals surface area contributed by atoms with Gasteiger partial charge in [-0.25, -0.2) is 0 Å². The predicted octanol–water partition coefficient (Wildman–Crippen LogP) is 1.76. The maximum atomic E-state index is 11.5. The molecule has 0 bridgehead atoms. The van der Waals surface area contributed by atoms with E-state index in [1.807, 2.05) is 18.2 Å². The number of rotatable bonds is 3. The van der Waals surface area contributed by atoms with Gasteiger partial charge in [0, 0.05) is 10.0 Å². The normalized spacial score (nSPS) is 10.4. The molecule has 2 aromatic rings. The zero-order valence-electron chi connectivity index (χ0n) is 8.66. The number of nitrogens with one attached hydrogen (secondary N) is 2. The van der Waals surface area contributed by atoms with Crippen molar-refractivity contribution in [2.75, 3.05) is 0 Å². The number of aromatic amines is 2. The summed E-state index contributed by atoms with van der Waals surface area (Å²) in [5.41, 5.74) is 1.10. The highest BCUT2D eigenvalue weighted by molar-refractivity contribution is 9.10. The molecule has 17 heavy (non-hydrogen) atoms. The Labute approximate surface area is 105 Å². The van der Waals surface area contributed by atoms with Crippen LogP contribution in [0.3, 0.4) is 0 Å². The zero-order chi connectivity index (χ0) is 12.4. The first-order valence-corrected chi connectivity index (χ1v) is 5.64. The van der Waals surface area contributed by atoms with E-state index in [0.29, 0.717) is 5.69 Å². The van der Waals surface area contributed by atoms with Crippen LogP contribution in [0.4, 0.5) is 0 Å². The number of carboxylic acid groups (broad SMARTS) is 1. The molecule has 0 aliphatic heterocycles. The first-order chi connectivity index (χ1) is 8.08. The Hall–Kier alpha value is -1.82. The molecule has 1 aromatic carbocycles. The number of aliphatic carboxylic acids is 1. The van der Waals surface area contributed by atoms with E-state index in [-0.39, 0.29) is 12.0 Å². The first kappa shape index (κ1) is 11.7. The average molecular weight is 297 g/mol. The van der Waals surface area contributed by atoms with Crippen LogP contribution >= 0.6 is 15.9 Å². The standard InChI is InChI=1S/C11H9BrN2O3/c12-7-3-1-2-6(4-7)10-8(5-9(15)16)11(17)14-13-10/h1-4H,5H2,(H,15,16)(H2,13,14,17).